The number of carboxylic acid groups (broad SMARTS) is 1. The van der Waals surface area contributed by atoms with E-state index in [2.05, 4.69) is 14.5 Å². The molecular weight excluding hydrogens is 404 g/mol. The maximum atomic E-state index is 11.3. The molecule has 1 fully saturated rings. The molecule has 0 unspecified atom stereocenters. The number of nitrogens with zero attached hydrogens (tertiary/aromatic N) is 3. The summed E-state index contributed by atoms with van der Waals surface area (Å²) >= 11 is 0. The molecule has 7 nitrogen and oxygen atoms in total. The Balaban J connectivity index is 1.53. The monoisotopic (exact) mass is 428 g/mol. The maximum Gasteiger partial charge on any atom is 0.306 e. The highest BCUT2D eigenvalue weighted by Gasteiger charge is 2.38. The predicted octanol–water partition coefficient (Wildman–Crippen LogP) is 4.60. The summed E-state index contributed by atoms with van der Waals surface area (Å²) in [5, 5.41) is 10.1. The number of nitrogen functional groups attached to an aromatic ring is 1. The summed E-state index contributed by atoms with van der Waals surface area (Å²) in [6, 6.07) is 18.0. The van der Waals surface area contributed by atoms with Crippen LogP contribution in [-0.2, 0) is 11.4 Å². The van der Waals surface area contributed by atoms with Crippen LogP contribution in [0.25, 0.3) is 22.2 Å². The summed E-state index contributed by atoms with van der Waals surface area (Å²) in [4.78, 5) is 20.1. The average molecular weight is 428 g/mol. The lowest BCUT2D eigenvalue weighted by atomic mass is 9.80. The normalized spacial score (nSPS) is 17.8. The number of fused-ring (bicyclic) bond motifs is 1. The zero-order valence-corrected chi connectivity index (χ0v) is 17.7. The van der Waals surface area contributed by atoms with Crippen molar-refractivity contribution in [1.82, 2.24) is 14.5 Å². The molecule has 0 spiro atoms. The van der Waals surface area contributed by atoms with E-state index in [1.807, 2.05) is 61.5 Å². The average Bonchev–Trinajstić information content (AvgIpc) is 3.05. The van der Waals surface area contributed by atoms with Crippen molar-refractivity contribution in [2.45, 2.75) is 32.4 Å². The third-order valence-corrected chi connectivity index (χ3v) is 6.26. The van der Waals surface area contributed by atoms with Gasteiger partial charge >= 0.3 is 5.97 Å². The highest BCUT2D eigenvalue weighted by Crippen LogP contribution is 2.45. The van der Waals surface area contributed by atoms with Crippen molar-refractivity contribution < 1.29 is 14.6 Å². The lowest BCUT2D eigenvalue weighted by molar-refractivity contribution is -0.145. The van der Waals surface area contributed by atoms with Crippen LogP contribution in [0.1, 0.15) is 30.1 Å². The highest BCUT2D eigenvalue weighted by atomic mass is 16.5. The number of aromatic nitrogens is 3. The predicted molar refractivity (Wildman–Crippen MR) is 122 cm³/mol. The number of rotatable bonds is 6. The molecule has 0 radical (unpaired) electrons. The second-order valence-corrected chi connectivity index (χ2v) is 8.25. The Morgan fingerprint density at radius 1 is 1.16 bits per heavy atom. The standard InChI is InChI=1S/C25H24N4O3/c1-15-21(17-8-5-9-20(12-17)32-13-16-6-3-2-4-7-16)22-23(26)27-14-28-24(22)29(15)19-10-18(11-19)25(30)31/h2-9,12,14,18-19H,10-11,13H2,1H3,(H,30,31)(H2,26,27,28)/t18-,19-. The first-order valence-corrected chi connectivity index (χ1v) is 10.6. The van der Waals surface area contributed by atoms with Crippen LogP contribution in [0.15, 0.2) is 60.9 Å². The van der Waals surface area contributed by atoms with Gasteiger partial charge in [0.25, 0.3) is 0 Å². The van der Waals surface area contributed by atoms with E-state index >= 15 is 0 Å². The molecule has 2 aromatic carbocycles. The molecule has 0 amide bonds. The summed E-state index contributed by atoms with van der Waals surface area (Å²) in [5.41, 5.74) is 11.1. The van der Waals surface area contributed by atoms with Gasteiger partial charge in [0.2, 0.25) is 0 Å². The largest absolute Gasteiger partial charge is 0.489 e. The number of anilines is 1. The van der Waals surface area contributed by atoms with Gasteiger partial charge < -0.3 is 20.1 Å². The van der Waals surface area contributed by atoms with Crippen molar-refractivity contribution >= 4 is 22.8 Å². The van der Waals surface area contributed by atoms with Crippen LogP contribution < -0.4 is 10.5 Å². The fourth-order valence-corrected chi connectivity index (χ4v) is 4.55. The molecule has 5 rings (SSSR count). The van der Waals surface area contributed by atoms with E-state index in [1.54, 1.807) is 0 Å². The van der Waals surface area contributed by atoms with Gasteiger partial charge in [0.05, 0.1) is 11.3 Å². The van der Waals surface area contributed by atoms with Crippen LogP contribution in [0.2, 0.25) is 0 Å². The number of aliphatic carboxylic acids is 1. The number of hydrogen-bond donors (Lipinski definition) is 2. The van der Waals surface area contributed by atoms with Crippen LogP contribution in [0.3, 0.4) is 0 Å². The Bertz CT molecular complexity index is 1290. The SMILES string of the molecule is Cc1c(-c2cccc(OCc3ccccc3)c2)c2c(N)ncnc2n1[C@H]1C[C@H](C(=O)O)C1. The molecule has 0 saturated heterocycles. The van der Waals surface area contributed by atoms with Gasteiger partial charge in [-0.05, 0) is 43.0 Å². The van der Waals surface area contributed by atoms with E-state index in [0.717, 1.165) is 39.2 Å². The van der Waals surface area contributed by atoms with Crippen molar-refractivity contribution in [2.24, 2.45) is 5.92 Å². The lowest BCUT2D eigenvalue weighted by Gasteiger charge is -2.34. The summed E-state index contributed by atoms with van der Waals surface area (Å²) in [6.45, 7) is 2.51. The summed E-state index contributed by atoms with van der Waals surface area (Å²) in [5.74, 6) is 0.121. The number of carbonyl (C=O) groups is 1. The van der Waals surface area contributed by atoms with Crippen molar-refractivity contribution in [3.63, 3.8) is 0 Å². The number of benzene rings is 2. The lowest BCUT2D eigenvalue weighted by Crippen LogP contribution is -2.32. The fraction of sp³-hybridized carbons (Fsp3) is 0.240. The van der Waals surface area contributed by atoms with Crippen LogP contribution >= 0.6 is 0 Å². The molecular formula is C25H24N4O3. The second-order valence-electron chi connectivity index (χ2n) is 8.25. The molecule has 0 atom stereocenters. The maximum absolute atomic E-state index is 11.3. The van der Waals surface area contributed by atoms with Gasteiger partial charge in [0.15, 0.2) is 0 Å². The summed E-state index contributed by atoms with van der Waals surface area (Å²) in [7, 11) is 0. The van der Waals surface area contributed by atoms with Gasteiger partial charge in [-0.15, -0.1) is 0 Å². The van der Waals surface area contributed by atoms with Gasteiger partial charge in [0.1, 0.15) is 30.1 Å². The van der Waals surface area contributed by atoms with Gasteiger partial charge in [-0.2, -0.15) is 0 Å². The number of ether oxygens (including phenoxy) is 1. The van der Waals surface area contributed by atoms with E-state index in [1.165, 1.54) is 6.33 Å². The van der Waals surface area contributed by atoms with Gasteiger partial charge in [-0.25, -0.2) is 9.97 Å². The molecule has 3 N–H and O–H groups in total. The van der Waals surface area contributed by atoms with E-state index in [-0.39, 0.29) is 12.0 Å². The van der Waals surface area contributed by atoms with Crippen molar-refractivity contribution in [1.29, 1.82) is 0 Å². The third kappa shape index (κ3) is 3.45. The molecule has 2 aromatic heterocycles. The van der Waals surface area contributed by atoms with E-state index in [9.17, 15) is 9.90 Å². The van der Waals surface area contributed by atoms with E-state index in [4.69, 9.17) is 10.5 Å². The zero-order chi connectivity index (χ0) is 22.2. The number of carboxylic acids is 1. The minimum absolute atomic E-state index is 0.0826. The Labute approximate surface area is 185 Å². The third-order valence-electron chi connectivity index (χ3n) is 6.26. The number of hydrogen-bond acceptors (Lipinski definition) is 5. The molecule has 4 aromatic rings. The quantitative estimate of drug-likeness (QED) is 0.465. The molecule has 0 bridgehead atoms. The summed E-state index contributed by atoms with van der Waals surface area (Å²) < 4.78 is 8.15. The van der Waals surface area contributed by atoms with Crippen molar-refractivity contribution in [3.8, 4) is 16.9 Å². The van der Waals surface area contributed by atoms with Gasteiger partial charge in [-0.1, -0.05) is 42.5 Å². The van der Waals surface area contributed by atoms with E-state index < -0.39 is 5.97 Å². The number of nitrogens with two attached hydrogens (primary N) is 1. The van der Waals surface area contributed by atoms with Crippen molar-refractivity contribution in [2.75, 3.05) is 5.73 Å². The minimum atomic E-state index is -0.743. The first-order chi connectivity index (χ1) is 15.5. The Morgan fingerprint density at radius 2 is 1.94 bits per heavy atom. The van der Waals surface area contributed by atoms with Gasteiger partial charge in [0, 0.05) is 17.3 Å². The molecule has 7 heteroatoms. The van der Waals surface area contributed by atoms with E-state index in [0.29, 0.717) is 25.3 Å². The molecule has 1 aliphatic rings. The Morgan fingerprint density at radius 3 is 2.69 bits per heavy atom. The smallest absolute Gasteiger partial charge is 0.306 e. The van der Waals surface area contributed by atoms with Crippen LogP contribution in [0.5, 0.6) is 5.75 Å². The van der Waals surface area contributed by atoms with Crippen LogP contribution in [0.4, 0.5) is 5.82 Å². The Hall–Kier alpha value is -3.87. The van der Waals surface area contributed by atoms with Crippen LogP contribution in [0, 0.1) is 12.8 Å². The van der Waals surface area contributed by atoms with Crippen molar-refractivity contribution in [3.05, 3.63) is 72.2 Å². The zero-order valence-electron chi connectivity index (χ0n) is 17.7. The van der Waals surface area contributed by atoms with Gasteiger partial charge in [-0.3, -0.25) is 4.79 Å². The second kappa shape index (κ2) is 8.00. The van der Waals surface area contributed by atoms with Crippen LogP contribution in [-0.4, -0.2) is 25.6 Å². The minimum Gasteiger partial charge on any atom is -0.489 e. The molecule has 2 heterocycles. The highest BCUT2D eigenvalue weighted by molar-refractivity contribution is 6.02. The molecule has 0 aliphatic heterocycles. The Kier molecular flexibility index (Phi) is 5.01. The topological polar surface area (TPSA) is 103 Å². The fourth-order valence-electron chi connectivity index (χ4n) is 4.55. The first kappa shape index (κ1) is 20.1. The summed E-state index contributed by atoms with van der Waals surface area (Å²) in [6.07, 6.45) is 2.64. The molecule has 1 saturated carbocycles. The molecule has 1 aliphatic carbocycles. The molecule has 162 valence electrons. The first-order valence-electron chi connectivity index (χ1n) is 10.6. The molecule has 32 heavy (non-hydrogen) atoms.